The van der Waals surface area contributed by atoms with Gasteiger partial charge in [-0.15, -0.1) is 0 Å². The van der Waals surface area contributed by atoms with E-state index < -0.39 is 4.92 Å². The normalized spacial score (nSPS) is 10.6. The van der Waals surface area contributed by atoms with E-state index in [0.717, 1.165) is 10.9 Å². The van der Waals surface area contributed by atoms with Crippen LogP contribution in [-0.2, 0) is 0 Å². The number of pyridine rings is 1. The minimum Gasteiger partial charge on any atom is -0.457 e. The molecule has 5 heteroatoms. The fourth-order valence-corrected chi connectivity index (χ4v) is 2.02. The molecule has 3 aromatic rings. The third-order valence-electron chi connectivity index (χ3n) is 3.02. The first-order valence-corrected chi connectivity index (χ1v) is 5.94. The molecule has 0 spiro atoms. The van der Waals surface area contributed by atoms with Crippen molar-refractivity contribution in [3.63, 3.8) is 0 Å². The van der Waals surface area contributed by atoms with E-state index in [2.05, 4.69) is 11.6 Å². The van der Waals surface area contributed by atoms with Gasteiger partial charge in [0.05, 0.1) is 28.5 Å². The molecule has 0 N–H and O–H groups in total. The van der Waals surface area contributed by atoms with Gasteiger partial charge >= 0.3 is 5.69 Å². The molecule has 2 aromatic heterocycles. The molecule has 0 aliphatic rings. The summed E-state index contributed by atoms with van der Waals surface area (Å²) >= 11 is 0. The highest BCUT2D eigenvalue weighted by Gasteiger charge is 2.21. The van der Waals surface area contributed by atoms with Crippen molar-refractivity contribution in [2.24, 2.45) is 0 Å². The molecule has 0 saturated carbocycles. The first kappa shape index (κ1) is 12.1. The molecule has 2 heterocycles. The molecule has 0 radical (unpaired) electrons. The Morgan fingerprint density at radius 1 is 1.20 bits per heavy atom. The highest BCUT2D eigenvalue weighted by Crippen LogP contribution is 2.30. The molecular weight excluding hydrogens is 256 g/mol. The summed E-state index contributed by atoms with van der Waals surface area (Å²) in [6.07, 6.45) is 1.28. The zero-order valence-electron chi connectivity index (χ0n) is 10.4. The lowest BCUT2D eigenvalue weighted by Crippen LogP contribution is -1.94. The SMILES string of the molecule is C=C(c1ccc2ccccc2n1)c1occc1[N+](=O)[O-]. The second kappa shape index (κ2) is 4.62. The van der Waals surface area contributed by atoms with Crippen molar-refractivity contribution in [2.45, 2.75) is 0 Å². The minimum absolute atomic E-state index is 0.107. The average molecular weight is 266 g/mol. The van der Waals surface area contributed by atoms with Crippen molar-refractivity contribution in [3.8, 4) is 0 Å². The van der Waals surface area contributed by atoms with Crippen molar-refractivity contribution in [2.75, 3.05) is 0 Å². The van der Waals surface area contributed by atoms with Crippen LogP contribution in [0.3, 0.4) is 0 Å². The maximum absolute atomic E-state index is 10.9. The van der Waals surface area contributed by atoms with Crippen LogP contribution < -0.4 is 0 Å². The van der Waals surface area contributed by atoms with Crippen molar-refractivity contribution in [1.82, 2.24) is 4.98 Å². The van der Waals surface area contributed by atoms with Crippen LogP contribution in [-0.4, -0.2) is 9.91 Å². The number of para-hydroxylation sites is 1. The van der Waals surface area contributed by atoms with Gasteiger partial charge < -0.3 is 4.42 Å². The fraction of sp³-hybridized carbons (Fsp3) is 0. The quantitative estimate of drug-likeness (QED) is 0.534. The van der Waals surface area contributed by atoms with E-state index >= 15 is 0 Å². The second-order valence-corrected chi connectivity index (χ2v) is 4.26. The largest absolute Gasteiger partial charge is 0.457 e. The standard InChI is InChI=1S/C15H10N2O3/c1-10(15-14(17(18)19)8-9-20-15)12-7-6-11-4-2-3-5-13(11)16-12/h2-9H,1H2. The van der Waals surface area contributed by atoms with E-state index in [1.807, 2.05) is 30.3 Å². The van der Waals surface area contributed by atoms with Gasteiger partial charge in [-0.3, -0.25) is 10.1 Å². The van der Waals surface area contributed by atoms with Crippen LogP contribution >= 0.6 is 0 Å². The van der Waals surface area contributed by atoms with E-state index in [1.54, 1.807) is 6.07 Å². The Bertz CT molecular complexity index is 821. The summed E-state index contributed by atoms with van der Waals surface area (Å²) in [7, 11) is 0. The zero-order chi connectivity index (χ0) is 14.1. The highest BCUT2D eigenvalue weighted by atomic mass is 16.6. The molecular formula is C15H10N2O3. The Morgan fingerprint density at radius 3 is 2.80 bits per heavy atom. The van der Waals surface area contributed by atoms with Gasteiger partial charge in [-0.25, -0.2) is 4.98 Å². The third-order valence-corrected chi connectivity index (χ3v) is 3.02. The number of hydrogen-bond acceptors (Lipinski definition) is 4. The summed E-state index contributed by atoms with van der Waals surface area (Å²) in [6.45, 7) is 3.86. The summed E-state index contributed by atoms with van der Waals surface area (Å²) in [6, 6.07) is 12.6. The van der Waals surface area contributed by atoms with Gasteiger partial charge in [0.15, 0.2) is 0 Å². The molecule has 98 valence electrons. The van der Waals surface area contributed by atoms with Crippen molar-refractivity contribution < 1.29 is 9.34 Å². The summed E-state index contributed by atoms with van der Waals surface area (Å²) in [5.41, 5.74) is 1.65. The van der Waals surface area contributed by atoms with Crippen LogP contribution in [0.15, 0.2) is 59.7 Å². The number of aromatic nitrogens is 1. The molecule has 5 nitrogen and oxygen atoms in total. The molecule has 20 heavy (non-hydrogen) atoms. The van der Waals surface area contributed by atoms with Crippen LogP contribution in [0.25, 0.3) is 16.5 Å². The summed E-state index contributed by atoms with van der Waals surface area (Å²) < 4.78 is 5.17. The molecule has 0 saturated heterocycles. The van der Waals surface area contributed by atoms with E-state index in [-0.39, 0.29) is 11.4 Å². The lowest BCUT2D eigenvalue weighted by atomic mass is 10.1. The monoisotopic (exact) mass is 266 g/mol. The Labute approximate surface area is 114 Å². The Balaban J connectivity index is 2.08. The number of nitrogens with zero attached hydrogens (tertiary/aromatic N) is 2. The molecule has 0 aliphatic heterocycles. The maximum Gasteiger partial charge on any atom is 0.315 e. The van der Waals surface area contributed by atoms with Crippen LogP contribution in [0.1, 0.15) is 11.5 Å². The van der Waals surface area contributed by atoms with Crippen LogP contribution in [0.2, 0.25) is 0 Å². The number of nitro groups is 1. The van der Waals surface area contributed by atoms with Gasteiger partial charge in [0, 0.05) is 11.0 Å². The molecule has 3 rings (SSSR count). The van der Waals surface area contributed by atoms with E-state index in [4.69, 9.17) is 4.42 Å². The molecule has 0 atom stereocenters. The van der Waals surface area contributed by atoms with Gasteiger partial charge in [0.25, 0.3) is 0 Å². The van der Waals surface area contributed by atoms with Crippen molar-refractivity contribution in [3.05, 3.63) is 76.9 Å². The second-order valence-electron chi connectivity index (χ2n) is 4.26. The minimum atomic E-state index is -0.495. The number of benzene rings is 1. The first-order valence-electron chi connectivity index (χ1n) is 5.94. The average Bonchev–Trinajstić information content (AvgIpc) is 2.95. The lowest BCUT2D eigenvalue weighted by molar-refractivity contribution is -0.385. The smallest absolute Gasteiger partial charge is 0.315 e. The number of furan rings is 1. The zero-order valence-corrected chi connectivity index (χ0v) is 10.4. The van der Waals surface area contributed by atoms with Crippen LogP contribution in [0, 0.1) is 10.1 Å². The van der Waals surface area contributed by atoms with Gasteiger partial charge in [-0.1, -0.05) is 30.8 Å². The predicted molar refractivity (Wildman–Crippen MR) is 75.2 cm³/mol. The number of rotatable bonds is 3. The first-order chi connectivity index (χ1) is 9.66. The Kier molecular flexibility index (Phi) is 2.80. The third kappa shape index (κ3) is 1.95. The van der Waals surface area contributed by atoms with Crippen LogP contribution in [0.5, 0.6) is 0 Å². The molecule has 0 unspecified atom stereocenters. The lowest BCUT2D eigenvalue weighted by Gasteiger charge is -2.04. The molecule has 1 aromatic carbocycles. The van der Waals surface area contributed by atoms with E-state index in [9.17, 15) is 10.1 Å². The van der Waals surface area contributed by atoms with Crippen molar-refractivity contribution in [1.29, 1.82) is 0 Å². The van der Waals surface area contributed by atoms with Gasteiger partial charge in [-0.05, 0) is 12.1 Å². The fourth-order valence-electron chi connectivity index (χ4n) is 2.02. The molecule has 0 fully saturated rings. The Hall–Kier alpha value is -2.95. The molecule has 0 bridgehead atoms. The highest BCUT2D eigenvalue weighted by molar-refractivity contribution is 5.84. The topological polar surface area (TPSA) is 69.2 Å². The van der Waals surface area contributed by atoms with Gasteiger partial charge in [0.1, 0.15) is 0 Å². The van der Waals surface area contributed by atoms with E-state index in [1.165, 1.54) is 12.3 Å². The predicted octanol–water partition coefficient (Wildman–Crippen LogP) is 3.80. The summed E-state index contributed by atoms with van der Waals surface area (Å²) in [4.78, 5) is 14.9. The molecule has 0 aliphatic carbocycles. The molecule has 0 amide bonds. The van der Waals surface area contributed by atoms with Gasteiger partial charge in [0.2, 0.25) is 5.76 Å². The summed E-state index contributed by atoms with van der Waals surface area (Å²) in [5, 5.41) is 11.9. The number of hydrogen-bond donors (Lipinski definition) is 0. The van der Waals surface area contributed by atoms with Crippen LogP contribution in [0.4, 0.5) is 5.69 Å². The number of fused-ring (bicyclic) bond motifs is 1. The maximum atomic E-state index is 10.9. The van der Waals surface area contributed by atoms with Crippen molar-refractivity contribution >= 4 is 22.2 Å². The van der Waals surface area contributed by atoms with E-state index in [0.29, 0.717) is 11.3 Å². The van der Waals surface area contributed by atoms with Gasteiger partial charge in [-0.2, -0.15) is 0 Å². The summed E-state index contributed by atoms with van der Waals surface area (Å²) in [5.74, 6) is 0.137. The Morgan fingerprint density at radius 2 is 2.00 bits per heavy atom.